The molecule has 0 saturated heterocycles. The van der Waals surface area contributed by atoms with Gasteiger partial charge in [0.25, 0.3) is 11.8 Å². The first-order valence-corrected chi connectivity index (χ1v) is 8.68. The number of halogens is 1. The average Bonchev–Trinajstić information content (AvgIpc) is 3.33. The van der Waals surface area contributed by atoms with E-state index in [0.29, 0.717) is 16.1 Å². The van der Waals surface area contributed by atoms with Gasteiger partial charge in [-0.3, -0.25) is 9.59 Å². The lowest BCUT2D eigenvalue weighted by atomic mass is 10.2. The van der Waals surface area contributed by atoms with Crippen molar-refractivity contribution in [2.75, 3.05) is 5.32 Å². The topological polar surface area (TPSA) is 122 Å². The molecule has 0 unspecified atom stereocenters. The molecule has 142 valence electrons. The third-order valence-electron chi connectivity index (χ3n) is 3.51. The van der Waals surface area contributed by atoms with E-state index >= 15 is 0 Å². The van der Waals surface area contributed by atoms with Gasteiger partial charge in [0.1, 0.15) is 11.5 Å². The predicted molar refractivity (Wildman–Crippen MR) is 103 cm³/mol. The van der Waals surface area contributed by atoms with Crippen molar-refractivity contribution in [2.45, 2.75) is 0 Å². The number of aromatic carboxylic acids is 1. The number of carbonyl (C=O) groups excluding carboxylic acids is 2. The summed E-state index contributed by atoms with van der Waals surface area (Å²) in [6, 6.07) is 11.8. The van der Waals surface area contributed by atoms with Crippen molar-refractivity contribution in [1.29, 1.82) is 0 Å². The van der Waals surface area contributed by atoms with Crippen LogP contribution in [0, 0.1) is 0 Å². The molecule has 0 bridgehead atoms. The molecule has 3 aromatic rings. The number of hydrogen-bond acceptors (Lipinski definition) is 5. The van der Waals surface area contributed by atoms with Crippen LogP contribution in [0.1, 0.15) is 26.7 Å². The standard InChI is InChI=1S/C19H13BrN2O6/c20-16-8-7-15(28-16)18(24)22-14(10-13-2-1-9-27-13)17(23)21-12-5-3-11(4-6-12)19(25)26/h1-10H,(H,21,23)(H,22,24)(H,25,26)/b14-10-. The van der Waals surface area contributed by atoms with Gasteiger partial charge in [-0.25, -0.2) is 4.79 Å². The molecule has 0 saturated carbocycles. The lowest BCUT2D eigenvalue weighted by Crippen LogP contribution is -2.30. The Bertz CT molecular complexity index is 1030. The molecule has 2 aromatic heterocycles. The molecule has 3 N–H and O–H groups in total. The van der Waals surface area contributed by atoms with Crippen LogP contribution in [0.4, 0.5) is 5.69 Å². The fraction of sp³-hybridized carbons (Fsp3) is 0. The van der Waals surface area contributed by atoms with E-state index in [4.69, 9.17) is 13.9 Å². The minimum absolute atomic E-state index is 0.0100. The third kappa shape index (κ3) is 4.77. The highest BCUT2D eigenvalue weighted by molar-refractivity contribution is 9.10. The number of carboxylic acids is 1. The van der Waals surface area contributed by atoms with Crippen LogP contribution >= 0.6 is 15.9 Å². The second-order valence-corrected chi connectivity index (χ2v) is 6.25. The number of benzene rings is 1. The van der Waals surface area contributed by atoms with Gasteiger partial charge in [-0.15, -0.1) is 0 Å². The van der Waals surface area contributed by atoms with Gasteiger partial charge in [0.15, 0.2) is 10.4 Å². The van der Waals surface area contributed by atoms with E-state index in [2.05, 4.69) is 26.6 Å². The molecule has 2 amide bonds. The van der Waals surface area contributed by atoms with E-state index in [1.54, 1.807) is 18.2 Å². The van der Waals surface area contributed by atoms with Crippen LogP contribution in [-0.2, 0) is 4.79 Å². The minimum Gasteiger partial charge on any atom is -0.478 e. The molecule has 1 aromatic carbocycles. The molecule has 2 heterocycles. The zero-order valence-electron chi connectivity index (χ0n) is 14.1. The van der Waals surface area contributed by atoms with Gasteiger partial charge >= 0.3 is 5.97 Å². The molecular formula is C19H13BrN2O6. The SMILES string of the molecule is O=C(Nc1ccc(C(=O)O)cc1)/C(=C/c1ccco1)NC(=O)c1ccc(Br)o1. The third-order valence-corrected chi connectivity index (χ3v) is 3.94. The van der Waals surface area contributed by atoms with Gasteiger partial charge in [0.2, 0.25) is 0 Å². The summed E-state index contributed by atoms with van der Waals surface area (Å²) in [4.78, 5) is 35.9. The van der Waals surface area contributed by atoms with E-state index in [0.717, 1.165) is 0 Å². The highest BCUT2D eigenvalue weighted by atomic mass is 79.9. The second-order valence-electron chi connectivity index (χ2n) is 5.47. The van der Waals surface area contributed by atoms with Gasteiger partial charge in [-0.1, -0.05) is 0 Å². The van der Waals surface area contributed by atoms with Gasteiger partial charge in [0, 0.05) is 11.8 Å². The normalized spacial score (nSPS) is 11.1. The van der Waals surface area contributed by atoms with Crippen LogP contribution in [0.2, 0.25) is 0 Å². The van der Waals surface area contributed by atoms with Crippen molar-refractivity contribution < 1.29 is 28.3 Å². The molecule has 0 spiro atoms. The first kappa shape index (κ1) is 19.2. The lowest BCUT2D eigenvalue weighted by Gasteiger charge is -2.10. The first-order chi connectivity index (χ1) is 13.4. The summed E-state index contributed by atoms with van der Waals surface area (Å²) in [6.45, 7) is 0. The van der Waals surface area contributed by atoms with Crippen LogP contribution in [-0.4, -0.2) is 22.9 Å². The highest BCUT2D eigenvalue weighted by Gasteiger charge is 2.18. The minimum atomic E-state index is -1.08. The molecule has 0 aliphatic carbocycles. The largest absolute Gasteiger partial charge is 0.478 e. The summed E-state index contributed by atoms with van der Waals surface area (Å²) >= 11 is 3.11. The van der Waals surface area contributed by atoms with Crippen molar-refractivity contribution in [3.05, 3.63) is 82.2 Å². The maximum atomic E-state index is 12.6. The Labute approximate surface area is 167 Å². The van der Waals surface area contributed by atoms with Crippen molar-refractivity contribution in [1.82, 2.24) is 5.32 Å². The molecule has 8 nitrogen and oxygen atoms in total. The van der Waals surface area contributed by atoms with Crippen LogP contribution in [0.5, 0.6) is 0 Å². The summed E-state index contributed by atoms with van der Waals surface area (Å²) in [5.41, 5.74) is 0.353. The lowest BCUT2D eigenvalue weighted by molar-refractivity contribution is -0.113. The Morgan fingerprint density at radius 2 is 1.79 bits per heavy atom. The van der Waals surface area contributed by atoms with Gasteiger partial charge in [0.05, 0.1) is 11.8 Å². The Hall–Kier alpha value is -3.59. The smallest absolute Gasteiger partial charge is 0.335 e. The van der Waals surface area contributed by atoms with E-state index in [-0.39, 0.29) is 17.0 Å². The zero-order chi connectivity index (χ0) is 20.1. The maximum Gasteiger partial charge on any atom is 0.335 e. The summed E-state index contributed by atoms with van der Waals surface area (Å²) in [7, 11) is 0. The average molecular weight is 445 g/mol. The van der Waals surface area contributed by atoms with Crippen molar-refractivity contribution in [3.63, 3.8) is 0 Å². The number of carbonyl (C=O) groups is 3. The molecule has 0 aliphatic rings. The molecule has 28 heavy (non-hydrogen) atoms. The van der Waals surface area contributed by atoms with E-state index in [9.17, 15) is 14.4 Å². The Balaban J connectivity index is 1.80. The van der Waals surface area contributed by atoms with Crippen LogP contribution in [0.3, 0.4) is 0 Å². The van der Waals surface area contributed by atoms with Crippen LogP contribution < -0.4 is 10.6 Å². The fourth-order valence-electron chi connectivity index (χ4n) is 2.19. The number of rotatable bonds is 6. The summed E-state index contributed by atoms with van der Waals surface area (Å²) in [5.74, 6) is -1.96. The summed E-state index contributed by atoms with van der Waals surface area (Å²) in [6.07, 6.45) is 2.79. The van der Waals surface area contributed by atoms with E-state index in [1.807, 2.05) is 0 Å². The monoisotopic (exact) mass is 444 g/mol. The van der Waals surface area contributed by atoms with Gasteiger partial charge in [-0.05, 0) is 64.5 Å². The molecule has 0 atom stereocenters. The first-order valence-electron chi connectivity index (χ1n) is 7.89. The number of hydrogen-bond donors (Lipinski definition) is 3. The van der Waals surface area contributed by atoms with Crippen molar-refractivity contribution >= 4 is 45.5 Å². The second kappa shape index (κ2) is 8.40. The van der Waals surface area contributed by atoms with Crippen LogP contribution in [0.15, 0.2) is 74.0 Å². The Morgan fingerprint density at radius 3 is 2.36 bits per heavy atom. The van der Waals surface area contributed by atoms with E-state index in [1.165, 1.54) is 42.7 Å². The summed E-state index contributed by atoms with van der Waals surface area (Å²) in [5, 5.41) is 14.0. The predicted octanol–water partition coefficient (Wildman–Crippen LogP) is 3.74. The quantitative estimate of drug-likeness (QED) is 0.497. The molecule has 0 radical (unpaired) electrons. The molecule has 9 heteroatoms. The number of anilines is 1. The van der Waals surface area contributed by atoms with E-state index < -0.39 is 17.8 Å². The number of nitrogens with one attached hydrogen (secondary N) is 2. The molecule has 0 fully saturated rings. The number of furan rings is 2. The van der Waals surface area contributed by atoms with Crippen LogP contribution in [0.25, 0.3) is 6.08 Å². The molecular weight excluding hydrogens is 432 g/mol. The Morgan fingerprint density at radius 1 is 1.04 bits per heavy atom. The summed E-state index contributed by atoms with van der Waals surface area (Å²) < 4.78 is 10.7. The van der Waals surface area contributed by atoms with Gasteiger partial charge in [-0.2, -0.15) is 0 Å². The maximum absolute atomic E-state index is 12.6. The zero-order valence-corrected chi connectivity index (χ0v) is 15.7. The number of amides is 2. The highest BCUT2D eigenvalue weighted by Crippen LogP contribution is 2.16. The molecule has 3 rings (SSSR count). The molecule has 0 aliphatic heterocycles. The van der Waals surface area contributed by atoms with Crippen molar-refractivity contribution in [3.8, 4) is 0 Å². The fourth-order valence-corrected chi connectivity index (χ4v) is 2.50. The van der Waals surface area contributed by atoms with Crippen molar-refractivity contribution in [2.24, 2.45) is 0 Å². The number of carboxylic acid groups (broad SMARTS) is 1. The van der Waals surface area contributed by atoms with Gasteiger partial charge < -0.3 is 24.6 Å². The Kier molecular flexibility index (Phi) is 5.75.